The largest absolute Gasteiger partial charge is 0.495 e. The van der Waals surface area contributed by atoms with Gasteiger partial charge in [0.1, 0.15) is 5.75 Å². The topological polar surface area (TPSA) is 100 Å². The number of amides is 2. The van der Waals surface area contributed by atoms with Crippen molar-refractivity contribution in [2.75, 3.05) is 23.5 Å². The number of rotatable bonds is 3. The van der Waals surface area contributed by atoms with Crippen molar-refractivity contribution in [3.63, 3.8) is 0 Å². The molecular formula is C15H14N4O2. The minimum absolute atomic E-state index is 0.420. The van der Waals surface area contributed by atoms with E-state index in [2.05, 4.69) is 10.6 Å². The van der Waals surface area contributed by atoms with Crippen LogP contribution >= 0.6 is 0 Å². The molecule has 2 rings (SSSR count). The number of urea groups is 1. The standard InChI is InChI=1S/C15H14N4O2/c1-21-14-8-12(5-6-13(14)17)19-15(20)18-11-4-2-3-10(7-11)9-16/h2-8H,17H2,1H3,(H2,18,19,20). The molecule has 2 aromatic rings. The van der Waals surface area contributed by atoms with Crippen molar-refractivity contribution in [2.45, 2.75) is 0 Å². The Morgan fingerprint density at radius 2 is 1.90 bits per heavy atom. The number of hydrogen-bond donors (Lipinski definition) is 3. The van der Waals surface area contributed by atoms with E-state index in [0.29, 0.717) is 28.4 Å². The number of nitriles is 1. The Morgan fingerprint density at radius 3 is 2.57 bits per heavy atom. The van der Waals surface area contributed by atoms with Crippen molar-refractivity contribution in [1.29, 1.82) is 5.26 Å². The molecule has 0 saturated carbocycles. The van der Waals surface area contributed by atoms with Crippen molar-refractivity contribution in [3.05, 3.63) is 48.0 Å². The zero-order chi connectivity index (χ0) is 15.2. The van der Waals surface area contributed by atoms with Crippen molar-refractivity contribution >= 4 is 23.1 Å². The van der Waals surface area contributed by atoms with Gasteiger partial charge in [-0.15, -0.1) is 0 Å². The zero-order valence-corrected chi connectivity index (χ0v) is 11.4. The molecular weight excluding hydrogens is 268 g/mol. The molecule has 4 N–H and O–H groups in total. The fraction of sp³-hybridized carbons (Fsp3) is 0.0667. The maximum atomic E-state index is 11.9. The molecule has 21 heavy (non-hydrogen) atoms. The first-order valence-electron chi connectivity index (χ1n) is 6.14. The monoisotopic (exact) mass is 282 g/mol. The molecule has 6 heteroatoms. The average molecular weight is 282 g/mol. The number of methoxy groups -OCH3 is 1. The molecule has 0 bridgehead atoms. The van der Waals surface area contributed by atoms with Gasteiger partial charge in [-0.3, -0.25) is 0 Å². The van der Waals surface area contributed by atoms with Crippen LogP contribution in [0.1, 0.15) is 5.56 Å². The Bertz CT molecular complexity index is 707. The van der Waals surface area contributed by atoms with E-state index in [9.17, 15) is 4.79 Å². The van der Waals surface area contributed by atoms with E-state index >= 15 is 0 Å². The Kier molecular flexibility index (Phi) is 4.26. The normalized spacial score (nSPS) is 9.52. The molecule has 0 spiro atoms. The van der Waals surface area contributed by atoms with Crippen molar-refractivity contribution in [2.24, 2.45) is 0 Å². The lowest BCUT2D eigenvalue weighted by Crippen LogP contribution is -2.19. The number of nitrogens with two attached hydrogens (primary N) is 1. The maximum absolute atomic E-state index is 11.9. The van der Waals surface area contributed by atoms with Crippen LogP contribution < -0.4 is 21.1 Å². The molecule has 0 fully saturated rings. The summed E-state index contributed by atoms with van der Waals surface area (Å²) in [5, 5.41) is 14.1. The molecule has 106 valence electrons. The fourth-order valence-electron chi connectivity index (χ4n) is 1.75. The lowest BCUT2D eigenvalue weighted by atomic mass is 10.2. The summed E-state index contributed by atoms with van der Waals surface area (Å²) < 4.78 is 5.08. The number of nitrogens with one attached hydrogen (secondary N) is 2. The van der Waals surface area contributed by atoms with E-state index in [4.69, 9.17) is 15.7 Å². The van der Waals surface area contributed by atoms with Crippen LogP contribution in [0.4, 0.5) is 21.9 Å². The lowest BCUT2D eigenvalue weighted by molar-refractivity contribution is 0.262. The summed E-state index contributed by atoms with van der Waals surface area (Å²) in [7, 11) is 1.50. The first-order valence-corrected chi connectivity index (χ1v) is 6.14. The second-order valence-electron chi connectivity index (χ2n) is 4.23. The highest BCUT2D eigenvalue weighted by molar-refractivity contribution is 6.00. The van der Waals surface area contributed by atoms with Crippen LogP contribution in [-0.2, 0) is 0 Å². The van der Waals surface area contributed by atoms with Crippen LogP contribution in [0.2, 0.25) is 0 Å². The van der Waals surface area contributed by atoms with Gasteiger partial charge in [0.15, 0.2) is 0 Å². The molecule has 6 nitrogen and oxygen atoms in total. The third-order valence-corrected chi connectivity index (χ3v) is 2.74. The molecule has 2 amide bonds. The van der Waals surface area contributed by atoms with Gasteiger partial charge in [-0.1, -0.05) is 6.07 Å². The summed E-state index contributed by atoms with van der Waals surface area (Å²) in [6.07, 6.45) is 0. The number of ether oxygens (including phenoxy) is 1. The lowest BCUT2D eigenvalue weighted by Gasteiger charge is -2.10. The second kappa shape index (κ2) is 6.30. The van der Waals surface area contributed by atoms with Crippen molar-refractivity contribution in [3.8, 4) is 11.8 Å². The van der Waals surface area contributed by atoms with Gasteiger partial charge in [-0.25, -0.2) is 4.79 Å². The Balaban J connectivity index is 2.06. The Hall–Kier alpha value is -3.20. The average Bonchev–Trinajstić information content (AvgIpc) is 2.49. The third kappa shape index (κ3) is 3.64. The van der Waals surface area contributed by atoms with Gasteiger partial charge in [-0.2, -0.15) is 5.26 Å². The third-order valence-electron chi connectivity index (χ3n) is 2.74. The van der Waals surface area contributed by atoms with Gasteiger partial charge < -0.3 is 21.1 Å². The van der Waals surface area contributed by atoms with Gasteiger partial charge in [-0.05, 0) is 30.3 Å². The van der Waals surface area contributed by atoms with Crippen LogP contribution in [0.25, 0.3) is 0 Å². The van der Waals surface area contributed by atoms with Crippen LogP contribution in [-0.4, -0.2) is 13.1 Å². The summed E-state index contributed by atoms with van der Waals surface area (Å²) in [6.45, 7) is 0. The summed E-state index contributed by atoms with van der Waals surface area (Å²) in [5.74, 6) is 0.485. The molecule has 0 aromatic heterocycles. The van der Waals surface area contributed by atoms with Gasteiger partial charge >= 0.3 is 6.03 Å². The molecule has 0 atom stereocenters. The Morgan fingerprint density at radius 1 is 1.19 bits per heavy atom. The number of carbonyl (C=O) groups excluding carboxylic acids is 1. The SMILES string of the molecule is COc1cc(NC(=O)Nc2cccc(C#N)c2)ccc1N. The molecule has 0 aliphatic heterocycles. The van der Waals surface area contributed by atoms with E-state index < -0.39 is 6.03 Å². The summed E-state index contributed by atoms with van der Waals surface area (Å²) >= 11 is 0. The smallest absolute Gasteiger partial charge is 0.323 e. The number of carbonyl (C=O) groups is 1. The first-order chi connectivity index (χ1) is 10.1. The fourth-order valence-corrected chi connectivity index (χ4v) is 1.75. The van der Waals surface area contributed by atoms with Gasteiger partial charge in [0.25, 0.3) is 0 Å². The molecule has 0 heterocycles. The number of anilines is 3. The number of nitrogen functional groups attached to an aromatic ring is 1. The second-order valence-corrected chi connectivity index (χ2v) is 4.23. The van der Waals surface area contributed by atoms with E-state index in [-0.39, 0.29) is 0 Å². The molecule has 0 radical (unpaired) electrons. The van der Waals surface area contributed by atoms with E-state index in [1.54, 1.807) is 42.5 Å². The summed E-state index contributed by atoms with van der Waals surface area (Å²) in [5.41, 5.74) is 7.75. The highest BCUT2D eigenvalue weighted by Crippen LogP contribution is 2.25. The van der Waals surface area contributed by atoms with E-state index in [1.165, 1.54) is 7.11 Å². The quantitative estimate of drug-likeness (QED) is 0.753. The minimum Gasteiger partial charge on any atom is -0.495 e. The number of benzene rings is 2. The number of hydrogen-bond acceptors (Lipinski definition) is 4. The minimum atomic E-state index is -0.420. The molecule has 0 aliphatic carbocycles. The van der Waals surface area contributed by atoms with E-state index in [0.717, 1.165) is 0 Å². The summed E-state index contributed by atoms with van der Waals surface area (Å²) in [6, 6.07) is 13.2. The van der Waals surface area contributed by atoms with Gasteiger partial charge in [0.2, 0.25) is 0 Å². The van der Waals surface area contributed by atoms with Crippen LogP contribution in [0, 0.1) is 11.3 Å². The zero-order valence-electron chi connectivity index (χ0n) is 11.4. The Labute approximate surface area is 122 Å². The van der Waals surface area contributed by atoms with Crippen LogP contribution in [0.15, 0.2) is 42.5 Å². The highest BCUT2D eigenvalue weighted by atomic mass is 16.5. The van der Waals surface area contributed by atoms with Crippen molar-refractivity contribution < 1.29 is 9.53 Å². The highest BCUT2D eigenvalue weighted by Gasteiger charge is 2.06. The first kappa shape index (κ1) is 14.2. The van der Waals surface area contributed by atoms with Crippen LogP contribution in [0.3, 0.4) is 0 Å². The molecule has 2 aromatic carbocycles. The summed E-state index contributed by atoms with van der Waals surface area (Å²) in [4.78, 5) is 11.9. The number of nitrogens with zero attached hydrogens (tertiary/aromatic N) is 1. The molecule has 0 aliphatic rings. The predicted molar refractivity (Wildman–Crippen MR) is 81.2 cm³/mol. The van der Waals surface area contributed by atoms with Crippen LogP contribution in [0.5, 0.6) is 5.75 Å². The molecule has 0 unspecified atom stereocenters. The van der Waals surface area contributed by atoms with Gasteiger partial charge in [0.05, 0.1) is 24.4 Å². The van der Waals surface area contributed by atoms with E-state index in [1.807, 2.05) is 6.07 Å². The van der Waals surface area contributed by atoms with Gasteiger partial charge in [0, 0.05) is 17.4 Å². The molecule has 0 saturated heterocycles. The van der Waals surface area contributed by atoms with Crippen molar-refractivity contribution in [1.82, 2.24) is 0 Å². The predicted octanol–water partition coefficient (Wildman–Crippen LogP) is 2.79. The maximum Gasteiger partial charge on any atom is 0.323 e.